The lowest BCUT2D eigenvalue weighted by atomic mass is 9.66. The summed E-state index contributed by atoms with van der Waals surface area (Å²) < 4.78 is 11.4. The summed E-state index contributed by atoms with van der Waals surface area (Å²) in [6, 6.07) is 0.378. The summed E-state index contributed by atoms with van der Waals surface area (Å²) in [5.74, 6) is 2.24. The minimum atomic E-state index is 0.337. The highest BCUT2D eigenvalue weighted by atomic mass is 32.1. The van der Waals surface area contributed by atoms with Crippen molar-refractivity contribution in [2.24, 2.45) is 17.8 Å². The van der Waals surface area contributed by atoms with Gasteiger partial charge in [0.25, 0.3) is 5.19 Å². The van der Waals surface area contributed by atoms with Gasteiger partial charge in [0.05, 0.1) is 12.0 Å². The van der Waals surface area contributed by atoms with E-state index in [1.54, 1.807) is 30.8 Å². The Labute approximate surface area is 144 Å². The predicted molar refractivity (Wildman–Crippen MR) is 90.3 cm³/mol. The monoisotopic (exact) mass is 344 g/mol. The fourth-order valence-corrected chi connectivity index (χ4v) is 5.45. The SMILES string of the molecule is COc1ncc(-c2cnc(OC3C4CC5C[C@H]3CN(C5)C4)s2)cn1. The second-order valence-electron chi connectivity index (χ2n) is 7.11. The van der Waals surface area contributed by atoms with Crippen LogP contribution in [0.15, 0.2) is 18.6 Å². The molecule has 0 N–H and O–H groups in total. The van der Waals surface area contributed by atoms with Crippen molar-refractivity contribution in [2.45, 2.75) is 18.9 Å². The standard InChI is InChI=1S/C17H20N4O2S/c1-22-16-18-4-13(5-19-16)14-6-20-17(24-14)23-15-11-2-10-3-12(15)9-21(7-10)8-11/h4-6,10-12,15H,2-3,7-9H2,1H3/t10?,11-,12?,15?/m0/s1. The van der Waals surface area contributed by atoms with E-state index < -0.39 is 0 Å². The average Bonchev–Trinajstić information content (AvgIpc) is 3.06. The van der Waals surface area contributed by atoms with Gasteiger partial charge in [0.2, 0.25) is 0 Å². The Morgan fingerprint density at radius 2 is 1.79 bits per heavy atom. The molecule has 3 saturated heterocycles. The Bertz CT molecular complexity index is 704. The van der Waals surface area contributed by atoms with Crippen LogP contribution in [-0.2, 0) is 0 Å². The van der Waals surface area contributed by atoms with E-state index in [0.717, 1.165) is 21.6 Å². The molecule has 0 spiro atoms. The van der Waals surface area contributed by atoms with E-state index in [4.69, 9.17) is 9.47 Å². The zero-order chi connectivity index (χ0) is 16.1. The lowest BCUT2D eigenvalue weighted by molar-refractivity contribution is -0.0985. The summed E-state index contributed by atoms with van der Waals surface area (Å²) >= 11 is 1.58. The maximum Gasteiger partial charge on any atom is 0.316 e. The summed E-state index contributed by atoms with van der Waals surface area (Å²) in [5, 5.41) is 0.772. The number of rotatable bonds is 4. The van der Waals surface area contributed by atoms with E-state index in [1.807, 2.05) is 6.20 Å². The van der Waals surface area contributed by atoms with Crippen LogP contribution in [0.25, 0.3) is 10.4 Å². The number of nitrogens with zero attached hydrogens (tertiary/aromatic N) is 4. The highest BCUT2D eigenvalue weighted by molar-refractivity contribution is 7.16. The maximum atomic E-state index is 6.35. The molecule has 1 saturated carbocycles. The van der Waals surface area contributed by atoms with Gasteiger partial charge < -0.3 is 14.4 Å². The van der Waals surface area contributed by atoms with Crippen LogP contribution in [0.1, 0.15) is 12.8 Å². The first kappa shape index (κ1) is 14.6. The van der Waals surface area contributed by atoms with Crippen LogP contribution < -0.4 is 9.47 Å². The minimum Gasteiger partial charge on any atom is -0.467 e. The van der Waals surface area contributed by atoms with Crippen LogP contribution in [0.3, 0.4) is 0 Å². The Kier molecular flexibility index (Phi) is 3.45. The van der Waals surface area contributed by atoms with Gasteiger partial charge in [0.1, 0.15) is 6.10 Å². The van der Waals surface area contributed by atoms with Crippen molar-refractivity contribution in [1.82, 2.24) is 19.9 Å². The normalized spacial score (nSPS) is 33.6. The van der Waals surface area contributed by atoms with Crippen molar-refractivity contribution in [2.75, 3.05) is 26.7 Å². The second-order valence-corrected chi connectivity index (χ2v) is 8.10. The molecule has 0 radical (unpaired) electrons. The molecular weight excluding hydrogens is 324 g/mol. The maximum absolute atomic E-state index is 6.35. The van der Waals surface area contributed by atoms with E-state index in [9.17, 15) is 0 Å². The number of aromatic nitrogens is 3. The van der Waals surface area contributed by atoms with Gasteiger partial charge in [-0.15, -0.1) is 0 Å². The third-order valence-electron chi connectivity index (χ3n) is 5.52. The molecule has 6 nitrogen and oxygen atoms in total. The number of methoxy groups -OCH3 is 1. The van der Waals surface area contributed by atoms with Crippen LogP contribution in [0, 0.1) is 17.8 Å². The number of hydrogen-bond donors (Lipinski definition) is 0. The molecule has 2 aromatic rings. The molecule has 4 unspecified atom stereocenters. The molecule has 126 valence electrons. The average molecular weight is 344 g/mol. The van der Waals surface area contributed by atoms with E-state index in [0.29, 0.717) is 24.0 Å². The van der Waals surface area contributed by atoms with E-state index in [1.165, 1.54) is 32.5 Å². The van der Waals surface area contributed by atoms with Gasteiger partial charge >= 0.3 is 6.01 Å². The Morgan fingerprint density at radius 1 is 1.04 bits per heavy atom. The van der Waals surface area contributed by atoms with Gasteiger partial charge in [-0.2, -0.15) is 0 Å². The summed E-state index contributed by atoms with van der Waals surface area (Å²) in [5.41, 5.74) is 0.944. The van der Waals surface area contributed by atoms with Gasteiger partial charge in [0, 0.05) is 55.6 Å². The highest BCUT2D eigenvalue weighted by Gasteiger charge is 2.48. The van der Waals surface area contributed by atoms with Crippen LogP contribution >= 0.6 is 11.3 Å². The molecule has 5 atom stereocenters. The summed E-state index contributed by atoms with van der Waals surface area (Å²) in [7, 11) is 1.56. The highest BCUT2D eigenvalue weighted by Crippen LogP contribution is 2.45. The van der Waals surface area contributed by atoms with Crippen LogP contribution in [0.4, 0.5) is 0 Å². The van der Waals surface area contributed by atoms with Gasteiger partial charge in [0.15, 0.2) is 0 Å². The van der Waals surface area contributed by atoms with E-state index in [2.05, 4.69) is 19.9 Å². The second kappa shape index (κ2) is 5.67. The number of thiazole rings is 1. The molecular formula is C17H20N4O2S. The summed E-state index contributed by atoms with van der Waals surface area (Å²) in [6.45, 7) is 3.70. The Morgan fingerprint density at radius 3 is 2.46 bits per heavy atom. The Balaban J connectivity index is 1.32. The quantitative estimate of drug-likeness (QED) is 0.848. The third kappa shape index (κ3) is 2.46. The molecule has 4 fully saturated rings. The molecule has 0 amide bonds. The molecule has 7 heteroatoms. The first-order chi connectivity index (χ1) is 11.8. The van der Waals surface area contributed by atoms with Crippen LogP contribution in [0.5, 0.6) is 11.2 Å². The number of ether oxygens (including phenoxy) is 2. The minimum absolute atomic E-state index is 0.337. The van der Waals surface area contributed by atoms with Gasteiger partial charge in [-0.3, -0.25) is 0 Å². The molecule has 24 heavy (non-hydrogen) atoms. The lowest BCUT2D eigenvalue weighted by Gasteiger charge is -2.55. The topological polar surface area (TPSA) is 60.4 Å². The smallest absolute Gasteiger partial charge is 0.316 e. The van der Waals surface area contributed by atoms with Crippen molar-refractivity contribution < 1.29 is 9.47 Å². The molecule has 2 aromatic heterocycles. The Hall–Kier alpha value is -1.73. The zero-order valence-electron chi connectivity index (χ0n) is 13.6. The molecule has 3 aliphatic heterocycles. The van der Waals surface area contributed by atoms with Crippen molar-refractivity contribution in [3.63, 3.8) is 0 Å². The predicted octanol–water partition coefficient (Wildman–Crippen LogP) is 2.33. The van der Waals surface area contributed by atoms with Gasteiger partial charge in [-0.1, -0.05) is 11.3 Å². The van der Waals surface area contributed by atoms with Crippen LogP contribution in [-0.4, -0.2) is 52.7 Å². The van der Waals surface area contributed by atoms with E-state index in [-0.39, 0.29) is 0 Å². The fourth-order valence-electron chi connectivity index (χ4n) is 4.67. The molecule has 6 rings (SSSR count). The van der Waals surface area contributed by atoms with E-state index >= 15 is 0 Å². The first-order valence-corrected chi connectivity index (χ1v) is 9.31. The van der Waals surface area contributed by atoms with Crippen LogP contribution in [0.2, 0.25) is 0 Å². The third-order valence-corrected chi connectivity index (χ3v) is 6.46. The molecule has 5 heterocycles. The number of hydrogen-bond acceptors (Lipinski definition) is 7. The number of piperidine rings is 3. The van der Waals surface area contributed by atoms with Crippen molar-refractivity contribution in [1.29, 1.82) is 0 Å². The molecule has 1 aliphatic carbocycles. The first-order valence-electron chi connectivity index (χ1n) is 8.49. The van der Waals surface area contributed by atoms with Crippen molar-refractivity contribution >= 4 is 11.3 Å². The lowest BCUT2D eigenvalue weighted by Crippen LogP contribution is -2.61. The van der Waals surface area contributed by atoms with Gasteiger partial charge in [-0.25, -0.2) is 15.0 Å². The van der Waals surface area contributed by atoms with Gasteiger partial charge in [-0.05, 0) is 18.8 Å². The summed E-state index contributed by atoms with van der Waals surface area (Å²) in [4.78, 5) is 16.4. The molecule has 4 aliphatic rings. The molecule has 4 bridgehead atoms. The fraction of sp³-hybridized carbons (Fsp3) is 0.588. The largest absolute Gasteiger partial charge is 0.467 e. The van der Waals surface area contributed by atoms with Crippen molar-refractivity contribution in [3.8, 4) is 21.6 Å². The summed E-state index contributed by atoms with van der Waals surface area (Å²) in [6.07, 6.45) is 8.36. The zero-order valence-corrected chi connectivity index (χ0v) is 14.4. The molecule has 0 aromatic carbocycles. The van der Waals surface area contributed by atoms with Crippen molar-refractivity contribution in [3.05, 3.63) is 18.6 Å².